The molecule has 0 saturated carbocycles. The summed E-state index contributed by atoms with van der Waals surface area (Å²) in [4.78, 5) is 16.4. The molecule has 0 unspecified atom stereocenters. The van der Waals surface area contributed by atoms with Gasteiger partial charge in [0.1, 0.15) is 11.6 Å². The van der Waals surface area contributed by atoms with Crippen LogP contribution in [0.25, 0.3) is 16.9 Å². The Morgan fingerprint density at radius 2 is 2.14 bits per heavy atom. The van der Waals surface area contributed by atoms with Crippen LogP contribution in [0.15, 0.2) is 35.3 Å². The Morgan fingerprint density at radius 3 is 3.00 bits per heavy atom. The summed E-state index contributed by atoms with van der Waals surface area (Å²) in [5, 5.41) is 11.7. The number of hydrogen-bond acceptors (Lipinski definition) is 5. The van der Waals surface area contributed by atoms with Gasteiger partial charge in [-0.2, -0.15) is 5.26 Å². The van der Waals surface area contributed by atoms with Crippen molar-refractivity contribution in [1.29, 1.82) is 5.26 Å². The van der Waals surface area contributed by atoms with Gasteiger partial charge in [0.05, 0.1) is 5.69 Å². The number of benzene rings is 1. The van der Waals surface area contributed by atoms with Crippen molar-refractivity contribution in [3.8, 4) is 28.8 Å². The van der Waals surface area contributed by atoms with E-state index >= 15 is 0 Å². The first kappa shape index (κ1) is 11.5. The van der Waals surface area contributed by atoms with Crippen LogP contribution in [0.4, 0.5) is 0 Å². The zero-order valence-corrected chi connectivity index (χ0v) is 10.7. The second-order valence-corrected chi connectivity index (χ2v) is 4.51. The summed E-state index contributed by atoms with van der Waals surface area (Å²) in [5.41, 5.74) is 1.54. The minimum atomic E-state index is -0.283. The van der Waals surface area contributed by atoms with E-state index in [4.69, 9.17) is 14.7 Å². The third-order valence-electron chi connectivity index (χ3n) is 3.29. The second-order valence-electron chi connectivity index (χ2n) is 4.51. The van der Waals surface area contributed by atoms with Gasteiger partial charge in [-0.05, 0) is 18.2 Å². The molecule has 0 radical (unpaired) electrons. The Kier molecular flexibility index (Phi) is 2.26. The fourth-order valence-corrected chi connectivity index (χ4v) is 2.27. The highest BCUT2D eigenvalue weighted by Crippen LogP contribution is 2.35. The van der Waals surface area contributed by atoms with Gasteiger partial charge >= 0.3 is 0 Å². The topological polar surface area (TPSA) is 92.4 Å². The number of aromatic nitrogens is 3. The van der Waals surface area contributed by atoms with Crippen LogP contribution in [0.3, 0.4) is 0 Å². The maximum absolute atomic E-state index is 12.1. The van der Waals surface area contributed by atoms with Crippen LogP contribution in [-0.4, -0.2) is 21.4 Å². The van der Waals surface area contributed by atoms with Crippen LogP contribution in [-0.2, 0) is 0 Å². The summed E-state index contributed by atoms with van der Waals surface area (Å²) < 4.78 is 11.8. The first-order chi connectivity index (χ1) is 10.3. The number of aromatic amines is 1. The van der Waals surface area contributed by atoms with Gasteiger partial charge in [-0.1, -0.05) is 0 Å². The van der Waals surface area contributed by atoms with Crippen LogP contribution in [0.5, 0.6) is 11.5 Å². The summed E-state index contributed by atoms with van der Waals surface area (Å²) in [6.07, 6.45) is 1.45. The van der Waals surface area contributed by atoms with Gasteiger partial charge in [0.2, 0.25) is 6.79 Å². The minimum absolute atomic E-state index is 0.185. The van der Waals surface area contributed by atoms with Crippen molar-refractivity contribution in [2.45, 2.75) is 0 Å². The number of nitrogens with zero attached hydrogens (tertiary/aromatic N) is 3. The molecule has 102 valence electrons. The van der Waals surface area contributed by atoms with E-state index in [0.29, 0.717) is 28.4 Å². The van der Waals surface area contributed by atoms with Crippen molar-refractivity contribution in [2.75, 3.05) is 6.79 Å². The average Bonchev–Trinajstić information content (AvgIpc) is 3.12. The molecule has 0 aliphatic carbocycles. The summed E-state index contributed by atoms with van der Waals surface area (Å²) in [6.45, 7) is 0.185. The van der Waals surface area contributed by atoms with Crippen molar-refractivity contribution < 1.29 is 9.47 Å². The standard InChI is InChI=1S/C14H8N4O3/c15-5-9-6-16-18-13(19)4-10(17-14(9)18)8-1-2-11-12(3-8)21-7-20-11/h1-4,6,16H,7H2. The molecule has 3 aromatic rings. The van der Waals surface area contributed by atoms with Gasteiger partial charge in [-0.15, -0.1) is 0 Å². The molecule has 7 nitrogen and oxygen atoms in total. The summed E-state index contributed by atoms with van der Waals surface area (Å²) >= 11 is 0. The highest BCUT2D eigenvalue weighted by atomic mass is 16.7. The molecule has 2 aromatic heterocycles. The van der Waals surface area contributed by atoms with E-state index in [9.17, 15) is 4.79 Å². The maximum atomic E-state index is 12.1. The lowest BCUT2D eigenvalue weighted by atomic mass is 10.1. The maximum Gasteiger partial charge on any atom is 0.273 e. The Morgan fingerprint density at radius 1 is 1.29 bits per heavy atom. The number of nitriles is 1. The van der Waals surface area contributed by atoms with Crippen molar-refractivity contribution in [1.82, 2.24) is 14.6 Å². The number of hydrogen-bond donors (Lipinski definition) is 1. The highest BCUT2D eigenvalue weighted by molar-refractivity contribution is 5.67. The quantitative estimate of drug-likeness (QED) is 0.725. The van der Waals surface area contributed by atoms with Gasteiger partial charge < -0.3 is 9.47 Å². The molecular weight excluding hydrogens is 272 g/mol. The molecule has 7 heteroatoms. The van der Waals surface area contributed by atoms with Crippen molar-refractivity contribution >= 4 is 5.65 Å². The first-order valence-electron chi connectivity index (χ1n) is 6.17. The smallest absolute Gasteiger partial charge is 0.273 e. The predicted octanol–water partition coefficient (Wildman–Crippen LogP) is 1.29. The SMILES string of the molecule is N#Cc1c[nH]n2c(=O)cc(-c3ccc4c(c3)OCO4)nc12. The molecule has 4 rings (SSSR count). The molecule has 0 bridgehead atoms. The predicted molar refractivity (Wildman–Crippen MR) is 72.1 cm³/mol. The Labute approximate surface area is 118 Å². The van der Waals surface area contributed by atoms with Gasteiger partial charge in [-0.25, -0.2) is 9.50 Å². The van der Waals surface area contributed by atoms with E-state index < -0.39 is 0 Å². The van der Waals surface area contributed by atoms with Crippen molar-refractivity contribution in [3.05, 3.63) is 46.4 Å². The Hall–Kier alpha value is -3.27. The number of ether oxygens (including phenoxy) is 2. The lowest BCUT2D eigenvalue weighted by molar-refractivity contribution is 0.174. The number of H-pyrrole nitrogens is 1. The van der Waals surface area contributed by atoms with Gasteiger partial charge in [0.15, 0.2) is 17.1 Å². The monoisotopic (exact) mass is 280 g/mol. The third-order valence-corrected chi connectivity index (χ3v) is 3.29. The van der Waals surface area contributed by atoms with Crippen LogP contribution >= 0.6 is 0 Å². The van der Waals surface area contributed by atoms with E-state index in [-0.39, 0.29) is 12.4 Å². The summed E-state index contributed by atoms with van der Waals surface area (Å²) in [7, 11) is 0. The number of fused-ring (bicyclic) bond motifs is 2. The van der Waals surface area contributed by atoms with Crippen molar-refractivity contribution in [2.24, 2.45) is 0 Å². The normalized spacial score (nSPS) is 12.5. The largest absolute Gasteiger partial charge is 0.454 e. The lowest BCUT2D eigenvalue weighted by Crippen LogP contribution is -2.14. The fourth-order valence-electron chi connectivity index (χ4n) is 2.27. The molecule has 21 heavy (non-hydrogen) atoms. The molecule has 0 spiro atoms. The van der Waals surface area contributed by atoms with Crippen LogP contribution in [0.1, 0.15) is 5.56 Å². The van der Waals surface area contributed by atoms with Crippen molar-refractivity contribution in [3.63, 3.8) is 0 Å². The van der Waals surface area contributed by atoms with E-state index in [1.807, 2.05) is 6.07 Å². The van der Waals surface area contributed by atoms with Gasteiger partial charge in [-0.3, -0.25) is 9.89 Å². The fraction of sp³-hybridized carbons (Fsp3) is 0.0714. The lowest BCUT2D eigenvalue weighted by Gasteiger charge is -2.03. The van der Waals surface area contributed by atoms with Gasteiger partial charge in [0, 0.05) is 17.8 Å². The molecule has 1 aliphatic rings. The highest BCUT2D eigenvalue weighted by Gasteiger charge is 2.16. The Bertz CT molecular complexity index is 964. The molecule has 1 aromatic carbocycles. The van der Waals surface area contributed by atoms with E-state index in [1.165, 1.54) is 16.8 Å². The minimum Gasteiger partial charge on any atom is -0.454 e. The zero-order chi connectivity index (χ0) is 14.4. The molecule has 0 amide bonds. The zero-order valence-electron chi connectivity index (χ0n) is 10.7. The van der Waals surface area contributed by atoms with E-state index in [0.717, 1.165) is 5.56 Å². The Balaban J connectivity index is 1.94. The number of nitrogens with one attached hydrogen (secondary N) is 1. The molecule has 0 fully saturated rings. The van der Waals surface area contributed by atoms with Crippen LogP contribution in [0, 0.1) is 11.3 Å². The van der Waals surface area contributed by atoms with E-state index in [2.05, 4.69) is 10.1 Å². The summed E-state index contributed by atoms with van der Waals surface area (Å²) in [6, 6.07) is 8.73. The molecule has 3 heterocycles. The van der Waals surface area contributed by atoms with Crippen LogP contribution < -0.4 is 15.0 Å². The van der Waals surface area contributed by atoms with Crippen LogP contribution in [0.2, 0.25) is 0 Å². The van der Waals surface area contributed by atoms with Gasteiger partial charge in [0.25, 0.3) is 5.56 Å². The summed E-state index contributed by atoms with van der Waals surface area (Å²) in [5.74, 6) is 1.28. The molecule has 0 saturated heterocycles. The second kappa shape index (κ2) is 4.11. The molecule has 1 aliphatic heterocycles. The number of rotatable bonds is 1. The first-order valence-corrected chi connectivity index (χ1v) is 6.17. The van der Waals surface area contributed by atoms with E-state index in [1.54, 1.807) is 18.2 Å². The molecule has 0 atom stereocenters. The molecular formula is C14H8N4O3. The molecule has 1 N–H and O–H groups in total. The average molecular weight is 280 g/mol. The third kappa shape index (κ3) is 1.66.